The second-order valence-corrected chi connectivity index (χ2v) is 10.9. The molecule has 186 valence electrons. The summed E-state index contributed by atoms with van der Waals surface area (Å²) in [5.74, 6) is -0.419. The molecule has 2 aliphatic rings. The predicted molar refractivity (Wildman–Crippen MR) is 128 cm³/mol. The van der Waals surface area contributed by atoms with E-state index in [1.165, 1.54) is 12.1 Å². The Bertz CT molecular complexity index is 1040. The highest BCUT2D eigenvalue weighted by atomic mass is 32.2. The molecule has 1 aliphatic carbocycles. The number of primary amides is 1. The fourth-order valence-corrected chi connectivity index (χ4v) is 5.95. The van der Waals surface area contributed by atoms with Crippen molar-refractivity contribution in [2.75, 3.05) is 33.9 Å². The zero-order chi connectivity index (χ0) is 24.8. The Balaban J connectivity index is 1.47. The van der Waals surface area contributed by atoms with Crippen LogP contribution in [-0.2, 0) is 24.2 Å². The minimum absolute atomic E-state index is 0.00830. The molecule has 0 radical (unpaired) electrons. The van der Waals surface area contributed by atoms with E-state index in [0.717, 1.165) is 12.1 Å². The fraction of sp³-hybridized carbons (Fsp3) is 0.500. The number of likely N-dealkylation sites (N-methyl/N-ethyl adjacent to an activating group) is 1. The second kappa shape index (κ2) is 11.1. The maximum absolute atomic E-state index is 13.2. The standard InChI is InChI=1S/C24H33N3O6S/c1-27(2)19-7-5-18(6-8-19)26-22(28)4-3-15-33-20-9-11-21(12-10-20)34(30,31)24(23(25)29)13-16-32-17-14-24/h5,7-12,18H,3-4,6,13-17H2,1-2H3,(H2,25,29)(H,26,28). The van der Waals surface area contributed by atoms with Crippen LogP contribution in [0.25, 0.3) is 0 Å². The third kappa shape index (κ3) is 5.79. The van der Waals surface area contributed by atoms with Crippen LogP contribution in [0, 0.1) is 0 Å². The molecule has 1 atom stereocenters. The average molecular weight is 492 g/mol. The van der Waals surface area contributed by atoms with Crippen LogP contribution in [0.2, 0.25) is 0 Å². The maximum Gasteiger partial charge on any atom is 0.239 e. The monoisotopic (exact) mass is 491 g/mol. The third-order valence-corrected chi connectivity index (χ3v) is 8.69. The van der Waals surface area contributed by atoms with Crippen molar-refractivity contribution in [1.29, 1.82) is 0 Å². The summed E-state index contributed by atoms with van der Waals surface area (Å²) in [6.45, 7) is 0.650. The van der Waals surface area contributed by atoms with Crippen LogP contribution in [-0.4, -0.2) is 69.8 Å². The van der Waals surface area contributed by atoms with Crippen LogP contribution >= 0.6 is 0 Å². The van der Waals surface area contributed by atoms with Gasteiger partial charge in [-0.05, 0) is 56.0 Å². The molecule has 0 aromatic heterocycles. The van der Waals surface area contributed by atoms with Gasteiger partial charge in [0.1, 0.15) is 5.75 Å². The number of carbonyl (C=O) groups is 2. The van der Waals surface area contributed by atoms with Gasteiger partial charge in [-0.15, -0.1) is 0 Å². The number of ether oxygens (including phenoxy) is 2. The molecule has 1 aliphatic heterocycles. The summed E-state index contributed by atoms with van der Waals surface area (Å²) < 4.78 is 35.5. The molecule has 1 aromatic rings. The van der Waals surface area contributed by atoms with Crippen LogP contribution in [0.1, 0.15) is 32.1 Å². The van der Waals surface area contributed by atoms with Gasteiger partial charge in [0.2, 0.25) is 11.8 Å². The quantitative estimate of drug-likeness (QED) is 0.475. The van der Waals surface area contributed by atoms with E-state index in [4.69, 9.17) is 15.2 Å². The van der Waals surface area contributed by atoms with Gasteiger partial charge in [0.05, 0.1) is 17.5 Å². The lowest BCUT2D eigenvalue weighted by atomic mass is 9.98. The number of allylic oxidation sites excluding steroid dienone is 1. The Morgan fingerprint density at radius 3 is 2.44 bits per heavy atom. The van der Waals surface area contributed by atoms with E-state index >= 15 is 0 Å². The van der Waals surface area contributed by atoms with Gasteiger partial charge in [-0.2, -0.15) is 0 Å². The first kappa shape index (κ1) is 25.8. The van der Waals surface area contributed by atoms with E-state index in [1.807, 2.05) is 31.1 Å². The number of nitrogens with two attached hydrogens (primary N) is 1. The highest BCUT2D eigenvalue weighted by Crippen LogP contribution is 2.35. The normalized spacial score (nSPS) is 19.7. The molecule has 2 amide bonds. The smallest absolute Gasteiger partial charge is 0.239 e. The SMILES string of the molecule is CN(C)C1=CCC(NC(=O)CCCOc2ccc(S(=O)(=O)C3(C(N)=O)CCOCC3)cc2)C=C1. The van der Waals surface area contributed by atoms with Crippen molar-refractivity contribution >= 4 is 21.7 Å². The molecule has 3 rings (SSSR count). The van der Waals surface area contributed by atoms with Crippen molar-refractivity contribution in [2.24, 2.45) is 5.73 Å². The molecule has 34 heavy (non-hydrogen) atoms. The van der Waals surface area contributed by atoms with E-state index in [-0.39, 0.29) is 42.9 Å². The molecule has 9 nitrogen and oxygen atoms in total. The Kier molecular flexibility index (Phi) is 8.37. The summed E-state index contributed by atoms with van der Waals surface area (Å²) in [4.78, 5) is 26.3. The molecule has 0 saturated carbocycles. The molecule has 0 spiro atoms. The van der Waals surface area contributed by atoms with E-state index in [9.17, 15) is 18.0 Å². The average Bonchev–Trinajstić information content (AvgIpc) is 2.82. The lowest BCUT2D eigenvalue weighted by Gasteiger charge is -2.33. The van der Waals surface area contributed by atoms with Crippen LogP contribution in [0.5, 0.6) is 5.75 Å². The summed E-state index contributed by atoms with van der Waals surface area (Å²) in [6.07, 6.45) is 7.74. The Morgan fingerprint density at radius 2 is 1.88 bits per heavy atom. The Labute approximate surface area is 200 Å². The number of carbonyl (C=O) groups excluding carboxylic acids is 2. The van der Waals surface area contributed by atoms with Gasteiger partial charge in [-0.3, -0.25) is 9.59 Å². The number of rotatable bonds is 10. The van der Waals surface area contributed by atoms with Gasteiger partial charge in [0.15, 0.2) is 14.6 Å². The number of nitrogens with zero attached hydrogens (tertiary/aromatic N) is 1. The first-order chi connectivity index (χ1) is 16.2. The lowest BCUT2D eigenvalue weighted by Crippen LogP contribution is -2.53. The zero-order valence-electron chi connectivity index (χ0n) is 19.7. The van der Waals surface area contributed by atoms with Gasteiger partial charge in [-0.1, -0.05) is 12.2 Å². The fourth-order valence-electron chi connectivity index (χ4n) is 4.04. The molecular formula is C24H33N3O6S. The highest BCUT2D eigenvalue weighted by Gasteiger charge is 2.51. The summed E-state index contributed by atoms with van der Waals surface area (Å²) in [6, 6.07) is 5.92. The van der Waals surface area contributed by atoms with Gasteiger partial charge in [-0.25, -0.2) is 8.42 Å². The first-order valence-electron chi connectivity index (χ1n) is 11.4. The molecule has 3 N–H and O–H groups in total. The first-order valence-corrected chi connectivity index (χ1v) is 12.8. The third-order valence-electron chi connectivity index (χ3n) is 6.16. The minimum Gasteiger partial charge on any atom is -0.494 e. The van der Waals surface area contributed by atoms with Crippen LogP contribution in [0.4, 0.5) is 0 Å². The molecule has 1 unspecified atom stereocenters. The van der Waals surface area contributed by atoms with Crippen molar-refractivity contribution in [3.8, 4) is 5.75 Å². The number of hydrogen-bond acceptors (Lipinski definition) is 7. The topological polar surface area (TPSA) is 128 Å². The van der Waals surface area contributed by atoms with Crippen molar-refractivity contribution in [3.63, 3.8) is 0 Å². The van der Waals surface area contributed by atoms with E-state index in [1.54, 1.807) is 12.1 Å². The molecule has 10 heteroatoms. The van der Waals surface area contributed by atoms with Gasteiger partial charge >= 0.3 is 0 Å². The molecule has 1 fully saturated rings. The van der Waals surface area contributed by atoms with Crippen molar-refractivity contribution < 1.29 is 27.5 Å². The predicted octanol–water partition coefficient (Wildman–Crippen LogP) is 1.54. The Hall–Kier alpha value is -2.85. The second-order valence-electron chi connectivity index (χ2n) is 8.69. The number of hydrogen-bond donors (Lipinski definition) is 2. The molecule has 1 saturated heterocycles. The number of sulfone groups is 1. The van der Waals surface area contributed by atoms with Crippen LogP contribution in [0.15, 0.2) is 53.1 Å². The largest absolute Gasteiger partial charge is 0.494 e. The molecule has 1 aromatic carbocycles. The Morgan fingerprint density at radius 1 is 1.21 bits per heavy atom. The summed E-state index contributed by atoms with van der Waals surface area (Å²) in [5.41, 5.74) is 6.62. The van der Waals surface area contributed by atoms with Crippen LogP contribution < -0.4 is 15.8 Å². The number of amides is 2. The number of nitrogens with one attached hydrogen (secondary N) is 1. The highest BCUT2D eigenvalue weighted by molar-refractivity contribution is 7.93. The van der Waals surface area contributed by atoms with Crippen LogP contribution in [0.3, 0.4) is 0 Å². The van der Waals surface area contributed by atoms with E-state index in [2.05, 4.69) is 11.4 Å². The van der Waals surface area contributed by atoms with E-state index < -0.39 is 20.5 Å². The zero-order valence-corrected chi connectivity index (χ0v) is 20.5. The van der Waals surface area contributed by atoms with Crippen molar-refractivity contribution in [2.45, 2.75) is 47.8 Å². The van der Waals surface area contributed by atoms with E-state index in [0.29, 0.717) is 25.2 Å². The molecule has 1 heterocycles. The molecule has 0 bridgehead atoms. The number of benzene rings is 1. The summed E-state index contributed by atoms with van der Waals surface area (Å²) >= 11 is 0. The van der Waals surface area contributed by atoms with Gasteiger partial charge in [0, 0.05) is 39.4 Å². The minimum atomic E-state index is -3.97. The maximum atomic E-state index is 13.2. The van der Waals surface area contributed by atoms with Gasteiger partial charge in [0.25, 0.3) is 0 Å². The van der Waals surface area contributed by atoms with Gasteiger partial charge < -0.3 is 25.4 Å². The van der Waals surface area contributed by atoms with Crippen molar-refractivity contribution in [1.82, 2.24) is 10.2 Å². The lowest BCUT2D eigenvalue weighted by molar-refractivity contribution is -0.123. The van der Waals surface area contributed by atoms with Crippen molar-refractivity contribution in [3.05, 3.63) is 48.2 Å². The summed E-state index contributed by atoms with van der Waals surface area (Å²) in [7, 11) is -0.0189. The molecular weight excluding hydrogens is 458 g/mol. The summed E-state index contributed by atoms with van der Waals surface area (Å²) in [5, 5.41) is 2.99.